The summed E-state index contributed by atoms with van der Waals surface area (Å²) < 4.78 is 1.95. The number of nitrogens with zero attached hydrogens (tertiary/aromatic N) is 2. The molecular weight excluding hydrogens is 174 g/mol. The van der Waals surface area contributed by atoms with E-state index < -0.39 is 0 Å². The predicted molar refractivity (Wildman–Crippen MR) is 59.1 cm³/mol. The summed E-state index contributed by atoms with van der Waals surface area (Å²) in [6, 6.07) is 2.16. The summed E-state index contributed by atoms with van der Waals surface area (Å²) in [6.45, 7) is 2.85. The third kappa shape index (κ3) is 3.00. The van der Waals surface area contributed by atoms with Gasteiger partial charge in [-0.3, -0.25) is 4.68 Å². The molecule has 0 saturated heterocycles. The quantitative estimate of drug-likeness (QED) is 0.719. The fraction of sp³-hybridized carbons (Fsp3) is 0.545. The summed E-state index contributed by atoms with van der Waals surface area (Å²) in [4.78, 5) is 0. The van der Waals surface area contributed by atoms with Gasteiger partial charge in [-0.25, -0.2) is 0 Å². The second kappa shape index (κ2) is 5.60. The lowest BCUT2D eigenvalue weighted by Gasteiger charge is -1.95. The van der Waals surface area contributed by atoms with Crippen molar-refractivity contribution >= 4 is 0 Å². The number of aromatic nitrogens is 2. The van der Waals surface area contributed by atoms with Crippen molar-refractivity contribution < 1.29 is 0 Å². The topological polar surface area (TPSA) is 43.8 Å². The third-order valence-electron chi connectivity index (χ3n) is 2.22. The van der Waals surface area contributed by atoms with E-state index >= 15 is 0 Å². The normalized spacial score (nSPS) is 11.4. The Bertz CT molecular complexity index is 299. The van der Waals surface area contributed by atoms with Gasteiger partial charge in [0.05, 0.1) is 5.69 Å². The molecule has 0 radical (unpaired) electrons. The molecule has 0 bridgehead atoms. The van der Waals surface area contributed by atoms with E-state index in [1.165, 1.54) is 5.69 Å². The van der Waals surface area contributed by atoms with Gasteiger partial charge in [0.2, 0.25) is 0 Å². The monoisotopic (exact) mass is 193 g/mol. The Balaban J connectivity index is 2.53. The first-order chi connectivity index (χ1) is 6.77. The molecule has 0 aromatic carbocycles. The second-order valence-corrected chi connectivity index (χ2v) is 3.36. The molecule has 1 rings (SSSR count). The third-order valence-corrected chi connectivity index (χ3v) is 2.22. The van der Waals surface area contributed by atoms with Crippen LogP contribution in [0.1, 0.15) is 24.7 Å². The van der Waals surface area contributed by atoms with Crippen LogP contribution in [0.2, 0.25) is 0 Å². The Morgan fingerprint density at radius 2 is 2.29 bits per heavy atom. The van der Waals surface area contributed by atoms with Gasteiger partial charge >= 0.3 is 0 Å². The van der Waals surface area contributed by atoms with Gasteiger partial charge in [0, 0.05) is 19.2 Å². The van der Waals surface area contributed by atoms with Gasteiger partial charge < -0.3 is 5.73 Å². The first-order valence-electron chi connectivity index (χ1n) is 5.14. The van der Waals surface area contributed by atoms with Crippen LogP contribution >= 0.6 is 0 Å². The van der Waals surface area contributed by atoms with E-state index in [-0.39, 0.29) is 0 Å². The molecule has 0 fully saturated rings. The van der Waals surface area contributed by atoms with Crippen molar-refractivity contribution in [3.8, 4) is 0 Å². The van der Waals surface area contributed by atoms with E-state index in [1.807, 2.05) is 11.7 Å². The van der Waals surface area contributed by atoms with Crippen molar-refractivity contribution in [3.05, 3.63) is 29.6 Å². The largest absolute Gasteiger partial charge is 0.330 e. The fourth-order valence-corrected chi connectivity index (χ4v) is 1.35. The van der Waals surface area contributed by atoms with Gasteiger partial charge in [-0.05, 0) is 25.5 Å². The summed E-state index contributed by atoms with van der Waals surface area (Å²) in [5.41, 5.74) is 7.82. The molecule has 0 aliphatic rings. The van der Waals surface area contributed by atoms with Crippen molar-refractivity contribution in [1.82, 2.24) is 9.78 Å². The van der Waals surface area contributed by atoms with Crippen molar-refractivity contribution in [2.75, 3.05) is 6.54 Å². The van der Waals surface area contributed by atoms with Crippen LogP contribution in [0.3, 0.4) is 0 Å². The van der Waals surface area contributed by atoms with E-state index in [2.05, 4.69) is 30.2 Å². The number of aryl methyl sites for hydroxylation is 2. The van der Waals surface area contributed by atoms with Crippen LogP contribution in [0, 0.1) is 0 Å². The lowest BCUT2D eigenvalue weighted by molar-refractivity contribution is 0.712. The van der Waals surface area contributed by atoms with Crippen LogP contribution in [0.25, 0.3) is 0 Å². The molecule has 1 aromatic heterocycles. The molecule has 14 heavy (non-hydrogen) atoms. The average Bonchev–Trinajstić information content (AvgIpc) is 2.54. The molecule has 0 atom stereocenters. The van der Waals surface area contributed by atoms with Gasteiger partial charge in [-0.15, -0.1) is 0 Å². The van der Waals surface area contributed by atoms with Crippen molar-refractivity contribution in [2.24, 2.45) is 12.8 Å². The molecule has 0 aliphatic heterocycles. The van der Waals surface area contributed by atoms with Gasteiger partial charge in [0.1, 0.15) is 0 Å². The van der Waals surface area contributed by atoms with Crippen molar-refractivity contribution in [3.63, 3.8) is 0 Å². The molecule has 2 N–H and O–H groups in total. The summed E-state index contributed by atoms with van der Waals surface area (Å²) >= 11 is 0. The highest BCUT2D eigenvalue weighted by atomic mass is 15.3. The minimum absolute atomic E-state index is 0.724. The van der Waals surface area contributed by atoms with E-state index in [1.54, 1.807) is 0 Å². The van der Waals surface area contributed by atoms with E-state index in [4.69, 9.17) is 5.73 Å². The average molecular weight is 193 g/mol. The molecule has 3 heteroatoms. The molecular formula is C11H19N3. The number of hydrogen-bond acceptors (Lipinski definition) is 2. The Labute approximate surface area is 85.6 Å². The molecule has 78 valence electrons. The zero-order valence-corrected chi connectivity index (χ0v) is 9.03. The first kappa shape index (κ1) is 11.0. The summed E-state index contributed by atoms with van der Waals surface area (Å²) in [7, 11) is 1.99. The Kier molecular flexibility index (Phi) is 4.40. The van der Waals surface area contributed by atoms with Gasteiger partial charge in [-0.2, -0.15) is 5.10 Å². The lowest BCUT2D eigenvalue weighted by Crippen LogP contribution is -1.97. The number of allylic oxidation sites excluding steroid dienone is 1. The van der Waals surface area contributed by atoms with Crippen LogP contribution in [0.5, 0.6) is 0 Å². The molecule has 1 aromatic rings. The minimum atomic E-state index is 0.724. The SMILES string of the molecule is CCc1cc(CC=CCCN)n(C)n1. The van der Waals surface area contributed by atoms with Gasteiger partial charge in [-0.1, -0.05) is 19.1 Å². The van der Waals surface area contributed by atoms with E-state index in [0.29, 0.717) is 0 Å². The fourth-order valence-electron chi connectivity index (χ4n) is 1.35. The summed E-state index contributed by atoms with van der Waals surface area (Å²) in [6.07, 6.45) is 7.18. The number of rotatable bonds is 5. The molecule has 0 aliphatic carbocycles. The maximum atomic E-state index is 5.39. The smallest absolute Gasteiger partial charge is 0.0624 e. The summed E-state index contributed by atoms with van der Waals surface area (Å²) in [5, 5.41) is 4.39. The minimum Gasteiger partial charge on any atom is -0.330 e. The molecule has 3 nitrogen and oxygen atoms in total. The first-order valence-corrected chi connectivity index (χ1v) is 5.14. The Morgan fingerprint density at radius 3 is 2.86 bits per heavy atom. The van der Waals surface area contributed by atoms with Crippen LogP contribution in [-0.2, 0) is 19.9 Å². The van der Waals surface area contributed by atoms with E-state index in [9.17, 15) is 0 Å². The molecule has 1 heterocycles. The maximum absolute atomic E-state index is 5.39. The van der Waals surface area contributed by atoms with Crippen molar-refractivity contribution in [2.45, 2.75) is 26.2 Å². The highest BCUT2D eigenvalue weighted by molar-refractivity contribution is 5.13. The Hall–Kier alpha value is -1.09. The predicted octanol–water partition coefficient (Wildman–Crippen LogP) is 1.43. The van der Waals surface area contributed by atoms with Crippen LogP contribution < -0.4 is 5.73 Å². The van der Waals surface area contributed by atoms with Crippen LogP contribution in [-0.4, -0.2) is 16.3 Å². The highest BCUT2D eigenvalue weighted by Crippen LogP contribution is 2.05. The van der Waals surface area contributed by atoms with Gasteiger partial charge in [0.25, 0.3) is 0 Å². The second-order valence-electron chi connectivity index (χ2n) is 3.36. The number of hydrogen-bond donors (Lipinski definition) is 1. The molecule has 0 spiro atoms. The number of nitrogens with two attached hydrogens (primary N) is 1. The highest BCUT2D eigenvalue weighted by Gasteiger charge is 2.00. The van der Waals surface area contributed by atoms with Gasteiger partial charge in [0.15, 0.2) is 0 Å². The lowest BCUT2D eigenvalue weighted by atomic mass is 10.2. The van der Waals surface area contributed by atoms with E-state index in [0.717, 1.165) is 31.5 Å². The maximum Gasteiger partial charge on any atom is 0.0624 e. The zero-order chi connectivity index (χ0) is 10.4. The van der Waals surface area contributed by atoms with Crippen molar-refractivity contribution in [1.29, 1.82) is 0 Å². The molecule has 0 saturated carbocycles. The van der Waals surface area contributed by atoms with Crippen LogP contribution in [0.4, 0.5) is 0 Å². The molecule has 0 amide bonds. The zero-order valence-electron chi connectivity index (χ0n) is 9.03. The summed E-state index contributed by atoms with van der Waals surface area (Å²) in [5.74, 6) is 0. The van der Waals surface area contributed by atoms with Crippen LogP contribution in [0.15, 0.2) is 18.2 Å². The standard InChI is InChI=1S/C11H19N3/c1-3-10-9-11(14(2)13-10)7-5-4-6-8-12/h4-5,9H,3,6-8,12H2,1-2H3. The molecule has 0 unspecified atom stereocenters. The Morgan fingerprint density at radius 1 is 1.50 bits per heavy atom.